The lowest BCUT2D eigenvalue weighted by atomic mass is 9.86. The molecule has 0 radical (unpaired) electrons. The van der Waals surface area contributed by atoms with Gasteiger partial charge in [0.25, 0.3) is 5.91 Å². The van der Waals surface area contributed by atoms with E-state index in [2.05, 4.69) is 47.6 Å². The summed E-state index contributed by atoms with van der Waals surface area (Å²) < 4.78 is 25.3. The quantitative estimate of drug-likeness (QED) is 0.727. The van der Waals surface area contributed by atoms with Crippen LogP contribution in [-0.4, -0.2) is 55.8 Å². The molecule has 3 heterocycles. The minimum atomic E-state index is -0.368. The van der Waals surface area contributed by atoms with Gasteiger partial charge in [0.1, 0.15) is 11.6 Å². The van der Waals surface area contributed by atoms with Gasteiger partial charge in [-0.3, -0.25) is 9.69 Å². The number of rotatable bonds is 4. The third-order valence-electron chi connectivity index (χ3n) is 6.30. The Morgan fingerprint density at radius 3 is 2.87 bits per heavy atom. The van der Waals surface area contributed by atoms with E-state index >= 15 is 0 Å². The predicted octanol–water partition coefficient (Wildman–Crippen LogP) is 2.90. The maximum absolute atomic E-state index is 13.5. The lowest BCUT2D eigenvalue weighted by Gasteiger charge is -2.35. The number of anilines is 1. The van der Waals surface area contributed by atoms with E-state index in [9.17, 15) is 9.18 Å². The summed E-state index contributed by atoms with van der Waals surface area (Å²) in [6, 6.07) is 4.37. The SMILES string of the molecule is CC1CN(CCNC2=CC3CO/C(=C4/C(=O)Nc5cc(F)ccc54)C3C=C2)CC(C)O1. The molecule has 0 spiro atoms. The van der Waals surface area contributed by atoms with Crippen LogP contribution in [0.25, 0.3) is 5.57 Å². The minimum absolute atomic E-state index is 0.0169. The standard InChI is InChI=1S/C24H28FN3O3/c1-14-11-28(12-15(2)31-14)8-7-26-18-4-6-19-16(9-18)13-30-23(19)22-20-5-3-17(25)10-21(20)27-24(22)29/h3-6,9-10,14-16,19,26H,7-8,11-13H2,1-2H3,(H,27,29)/b23-22+. The van der Waals surface area contributed by atoms with Gasteiger partial charge in [-0.25, -0.2) is 4.39 Å². The van der Waals surface area contributed by atoms with E-state index in [1.807, 2.05) is 0 Å². The van der Waals surface area contributed by atoms with Crippen molar-refractivity contribution in [2.45, 2.75) is 26.1 Å². The fourth-order valence-electron chi connectivity index (χ4n) is 5.03. The largest absolute Gasteiger partial charge is 0.496 e. The number of hydrogen-bond donors (Lipinski definition) is 2. The molecule has 7 heteroatoms. The van der Waals surface area contributed by atoms with Gasteiger partial charge in [0.05, 0.1) is 30.1 Å². The first-order valence-electron chi connectivity index (χ1n) is 11.0. The van der Waals surface area contributed by atoms with E-state index < -0.39 is 0 Å². The van der Waals surface area contributed by atoms with Gasteiger partial charge in [-0.05, 0) is 38.1 Å². The van der Waals surface area contributed by atoms with Gasteiger partial charge in [-0.15, -0.1) is 0 Å². The number of nitrogens with one attached hydrogen (secondary N) is 2. The number of carbonyl (C=O) groups excluding carboxylic acids is 1. The molecular formula is C24H28FN3O3. The maximum atomic E-state index is 13.5. The molecule has 2 fully saturated rings. The average Bonchev–Trinajstić information content (AvgIpc) is 3.26. The molecule has 1 amide bonds. The zero-order chi connectivity index (χ0) is 21.5. The van der Waals surface area contributed by atoms with Gasteiger partial charge in [-0.2, -0.15) is 0 Å². The second kappa shape index (κ2) is 8.13. The van der Waals surface area contributed by atoms with Crippen molar-refractivity contribution in [3.63, 3.8) is 0 Å². The molecule has 4 unspecified atom stereocenters. The van der Waals surface area contributed by atoms with Crippen LogP contribution in [0, 0.1) is 17.7 Å². The number of ether oxygens (including phenoxy) is 2. The smallest absolute Gasteiger partial charge is 0.259 e. The van der Waals surface area contributed by atoms with E-state index in [-0.39, 0.29) is 35.8 Å². The number of hydrogen-bond acceptors (Lipinski definition) is 5. The third kappa shape index (κ3) is 4.00. The Bertz CT molecular complexity index is 976. The van der Waals surface area contributed by atoms with Gasteiger partial charge < -0.3 is 20.1 Å². The highest BCUT2D eigenvalue weighted by Gasteiger charge is 2.39. The van der Waals surface area contributed by atoms with E-state index in [1.54, 1.807) is 6.07 Å². The molecule has 5 rings (SSSR count). The van der Waals surface area contributed by atoms with Gasteiger partial charge in [0, 0.05) is 49.3 Å². The monoisotopic (exact) mass is 425 g/mol. The molecule has 31 heavy (non-hydrogen) atoms. The maximum Gasteiger partial charge on any atom is 0.259 e. The molecular weight excluding hydrogens is 397 g/mol. The van der Waals surface area contributed by atoms with Gasteiger partial charge in [0.2, 0.25) is 0 Å². The number of morpholine rings is 1. The molecule has 2 N–H and O–H groups in total. The highest BCUT2D eigenvalue weighted by molar-refractivity contribution is 6.32. The van der Waals surface area contributed by atoms with Crippen molar-refractivity contribution in [3.05, 3.63) is 59.3 Å². The van der Waals surface area contributed by atoms with Crippen molar-refractivity contribution >= 4 is 17.2 Å². The molecule has 4 atom stereocenters. The predicted molar refractivity (Wildman–Crippen MR) is 117 cm³/mol. The Labute approximate surface area is 181 Å². The lowest BCUT2D eigenvalue weighted by Crippen LogP contribution is -2.47. The fourth-order valence-corrected chi connectivity index (χ4v) is 5.03. The molecule has 4 aliphatic rings. The van der Waals surface area contributed by atoms with Crippen molar-refractivity contribution in [2.24, 2.45) is 11.8 Å². The first-order valence-corrected chi connectivity index (χ1v) is 11.0. The number of halogens is 1. The van der Waals surface area contributed by atoms with Crippen molar-refractivity contribution < 1.29 is 18.7 Å². The molecule has 1 aromatic rings. The Hall–Kier alpha value is -2.64. The van der Waals surface area contributed by atoms with Gasteiger partial charge in [-0.1, -0.05) is 12.2 Å². The molecule has 164 valence electrons. The van der Waals surface area contributed by atoms with Crippen molar-refractivity contribution in [1.82, 2.24) is 10.2 Å². The fraction of sp³-hybridized carbons (Fsp3) is 0.458. The summed E-state index contributed by atoms with van der Waals surface area (Å²) in [5.74, 6) is 0.272. The second-order valence-corrected chi connectivity index (χ2v) is 8.81. The van der Waals surface area contributed by atoms with Crippen molar-refractivity contribution in [3.8, 4) is 0 Å². The highest BCUT2D eigenvalue weighted by atomic mass is 19.1. The summed E-state index contributed by atoms with van der Waals surface area (Å²) in [5, 5.41) is 6.28. The summed E-state index contributed by atoms with van der Waals surface area (Å²) in [4.78, 5) is 15.0. The van der Waals surface area contributed by atoms with Crippen molar-refractivity contribution in [2.75, 3.05) is 38.1 Å². The number of amides is 1. The van der Waals surface area contributed by atoms with Gasteiger partial charge in [0.15, 0.2) is 0 Å². The second-order valence-electron chi connectivity index (χ2n) is 8.81. The van der Waals surface area contributed by atoms with Crippen molar-refractivity contribution in [1.29, 1.82) is 0 Å². The molecule has 0 bridgehead atoms. The first kappa shape index (κ1) is 20.3. The number of carbonyl (C=O) groups is 1. The molecule has 1 aromatic carbocycles. The molecule has 2 saturated heterocycles. The number of nitrogens with zero attached hydrogens (tertiary/aromatic N) is 1. The lowest BCUT2D eigenvalue weighted by molar-refractivity contribution is -0.111. The van der Waals surface area contributed by atoms with Crippen LogP contribution in [0.2, 0.25) is 0 Å². The summed E-state index contributed by atoms with van der Waals surface area (Å²) >= 11 is 0. The summed E-state index contributed by atoms with van der Waals surface area (Å²) in [7, 11) is 0. The van der Waals surface area contributed by atoms with Crippen LogP contribution in [-0.2, 0) is 14.3 Å². The third-order valence-corrected chi connectivity index (χ3v) is 6.30. The summed E-state index contributed by atoms with van der Waals surface area (Å²) in [5.41, 5.74) is 2.82. The zero-order valence-electron chi connectivity index (χ0n) is 17.9. The minimum Gasteiger partial charge on any atom is -0.496 e. The van der Waals surface area contributed by atoms with E-state index in [4.69, 9.17) is 9.47 Å². The highest BCUT2D eigenvalue weighted by Crippen LogP contribution is 2.43. The van der Waals surface area contributed by atoms with Crippen LogP contribution in [0.4, 0.5) is 10.1 Å². The molecule has 3 aliphatic heterocycles. The number of fused-ring (bicyclic) bond motifs is 2. The number of benzene rings is 1. The normalized spacial score (nSPS) is 32.2. The van der Waals surface area contributed by atoms with E-state index in [0.29, 0.717) is 29.2 Å². The van der Waals surface area contributed by atoms with Crippen LogP contribution in [0.3, 0.4) is 0 Å². The van der Waals surface area contributed by atoms with Gasteiger partial charge >= 0.3 is 0 Å². The Kier molecular flexibility index (Phi) is 5.32. The van der Waals surface area contributed by atoms with Crippen LogP contribution < -0.4 is 10.6 Å². The zero-order valence-corrected chi connectivity index (χ0v) is 17.9. The Morgan fingerprint density at radius 2 is 2.06 bits per heavy atom. The summed E-state index contributed by atoms with van der Waals surface area (Å²) in [6.07, 6.45) is 6.92. The summed E-state index contributed by atoms with van der Waals surface area (Å²) in [6.45, 7) is 8.53. The van der Waals surface area contributed by atoms with Crippen LogP contribution in [0.15, 0.2) is 47.9 Å². The Balaban J connectivity index is 1.25. The molecule has 0 aromatic heterocycles. The topological polar surface area (TPSA) is 62.8 Å². The Morgan fingerprint density at radius 1 is 1.26 bits per heavy atom. The molecule has 1 aliphatic carbocycles. The molecule has 6 nitrogen and oxygen atoms in total. The van der Waals surface area contributed by atoms with Crippen LogP contribution in [0.1, 0.15) is 19.4 Å². The average molecular weight is 426 g/mol. The first-order chi connectivity index (χ1) is 15.0. The van der Waals surface area contributed by atoms with Crippen LogP contribution in [0.5, 0.6) is 0 Å². The number of allylic oxidation sites excluding steroid dienone is 2. The van der Waals surface area contributed by atoms with Crippen LogP contribution >= 0.6 is 0 Å². The van der Waals surface area contributed by atoms with E-state index in [1.165, 1.54) is 12.1 Å². The molecule has 0 saturated carbocycles. The van der Waals surface area contributed by atoms with E-state index in [0.717, 1.165) is 31.9 Å².